The number of anilines is 2. The molecule has 0 aromatic heterocycles. The molecule has 0 saturated heterocycles. The molecule has 0 aliphatic rings. The Morgan fingerprint density at radius 3 is 2.45 bits per heavy atom. The lowest BCUT2D eigenvalue weighted by Gasteiger charge is -2.11. The number of rotatable bonds is 5. The van der Waals surface area contributed by atoms with E-state index >= 15 is 0 Å². The molecule has 2 aromatic rings. The summed E-state index contributed by atoms with van der Waals surface area (Å²) in [5, 5.41) is 6.44. The molecular formula is C16H14Cl2N2O2. The van der Waals surface area contributed by atoms with Crippen LogP contribution >= 0.6 is 23.2 Å². The number of carbonyl (C=O) groups excluding carboxylic acids is 2. The van der Waals surface area contributed by atoms with Gasteiger partial charge in [0, 0.05) is 16.9 Å². The first-order valence-corrected chi connectivity index (χ1v) is 7.31. The molecule has 1 amide bonds. The molecule has 0 heterocycles. The average Bonchev–Trinajstić information content (AvgIpc) is 2.49. The van der Waals surface area contributed by atoms with E-state index in [-0.39, 0.29) is 18.2 Å². The van der Waals surface area contributed by atoms with Crippen LogP contribution in [0.3, 0.4) is 0 Å². The zero-order valence-corrected chi connectivity index (χ0v) is 13.3. The molecule has 4 nitrogen and oxygen atoms in total. The van der Waals surface area contributed by atoms with E-state index in [4.69, 9.17) is 23.2 Å². The molecule has 114 valence electrons. The summed E-state index contributed by atoms with van der Waals surface area (Å²) < 4.78 is 0. The van der Waals surface area contributed by atoms with Crippen LogP contribution in [0, 0.1) is 0 Å². The second-order valence-electron chi connectivity index (χ2n) is 4.63. The number of amides is 1. The Kier molecular flexibility index (Phi) is 5.41. The second-order valence-corrected chi connectivity index (χ2v) is 5.45. The smallest absolute Gasteiger partial charge is 0.243 e. The fraction of sp³-hybridized carbons (Fsp3) is 0.125. The molecule has 0 radical (unpaired) electrons. The third-order valence-electron chi connectivity index (χ3n) is 2.95. The third-order valence-corrected chi connectivity index (χ3v) is 3.69. The van der Waals surface area contributed by atoms with Gasteiger partial charge in [0.1, 0.15) is 0 Å². The van der Waals surface area contributed by atoms with E-state index < -0.39 is 0 Å². The van der Waals surface area contributed by atoms with Gasteiger partial charge in [-0.05, 0) is 37.3 Å². The maximum Gasteiger partial charge on any atom is 0.243 e. The largest absolute Gasteiger partial charge is 0.376 e. The Labute approximate surface area is 138 Å². The van der Waals surface area contributed by atoms with Crippen LogP contribution in [0.5, 0.6) is 0 Å². The van der Waals surface area contributed by atoms with Gasteiger partial charge in [-0.15, -0.1) is 0 Å². The molecule has 0 spiro atoms. The Morgan fingerprint density at radius 1 is 1.05 bits per heavy atom. The first-order chi connectivity index (χ1) is 10.5. The van der Waals surface area contributed by atoms with Gasteiger partial charge >= 0.3 is 0 Å². The highest BCUT2D eigenvalue weighted by atomic mass is 35.5. The molecule has 0 unspecified atom stereocenters. The van der Waals surface area contributed by atoms with Crippen molar-refractivity contribution in [2.75, 3.05) is 17.2 Å². The number of para-hydroxylation sites is 1. The number of benzene rings is 2. The normalized spacial score (nSPS) is 10.1. The minimum Gasteiger partial charge on any atom is -0.376 e. The van der Waals surface area contributed by atoms with Crippen molar-refractivity contribution in [1.29, 1.82) is 0 Å². The summed E-state index contributed by atoms with van der Waals surface area (Å²) in [5.74, 6) is -0.315. The van der Waals surface area contributed by atoms with E-state index in [2.05, 4.69) is 10.6 Å². The van der Waals surface area contributed by atoms with Crippen molar-refractivity contribution in [1.82, 2.24) is 0 Å². The van der Waals surface area contributed by atoms with E-state index in [1.54, 1.807) is 42.5 Å². The summed E-state index contributed by atoms with van der Waals surface area (Å²) in [4.78, 5) is 23.4. The third kappa shape index (κ3) is 4.23. The van der Waals surface area contributed by atoms with E-state index in [0.717, 1.165) is 0 Å². The van der Waals surface area contributed by atoms with Crippen LogP contribution in [0.1, 0.15) is 17.3 Å². The summed E-state index contributed by atoms with van der Waals surface area (Å²) >= 11 is 11.7. The second kappa shape index (κ2) is 7.29. The molecule has 0 bridgehead atoms. The minimum absolute atomic E-state index is 0.0323. The van der Waals surface area contributed by atoms with Crippen LogP contribution < -0.4 is 10.6 Å². The average molecular weight is 337 g/mol. The Bertz CT molecular complexity index is 717. The SMILES string of the molecule is CC(=O)c1ccccc1NCC(=O)Nc1ccc(Cl)c(Cl)c1. The van der Waals surface area contributed by atoms with E-state index in [9.17, 15) is 9.59 Å². The van der Waals surface area contributed by atoms with Crippen LogP contribution in [-0.2, 0) is 4.79 Å². The highest BCUT2D eigenvalue weighted by Crippen LogP contribution is 2.25. The number of hydrogen-bond donors (Lipinski definition) is 2. The molecule has 0 aliphatic carbocycles. The Balaban J connectivity index is 1.98. The van der Waals surface area contributed by atoms with Crippen molar-refractivity contribution >= 4 is 46.3 Å². The van der Waals surface area contributed by atoms with Gasteiger partial charge in [-0.25, -0.2) is 0 Å². The van der Waals surface area contributed by atoms with Crippen LogP contribution in [-0.4, -0.2) is 18.2 Å². The molecular weight excluding hydrogens is 323 g/mol. The van der Waals surface area contributed by atoms with E-state index in [1.165, 1.54) is 6.92 Å². The minimum atomic E-state index is -0.253. The van der Waals surface area contributed by atoms with Crippen LogP contribution in [0.25, 0.3) is 0 Å². The van der Waals surface area contributed by atoms with Gasteiger partial charge in [-0.3, -0.25) is 9.59 Å². The maximum absolute atomic E-state index is 11.9. The number of nitrogens with one attached hydrogen (secondary N) is 2. The summed E-state index contributed by atoms with van der Waals surface area (Å²) in [6, 6.07) is 11.9. The summed E-state index contributed by atoms with van der Waals surface area (Å²) in [6.45, 7) is 1.51. The quantitative estimate of drug-likeness (QED) is 0.802. The first-order valence-electron chi connectivity index (χ1n) is 6.56. The topological polar surface area (TPSA) is 58.2 Å². The molecule has 2 rings (SSSR count). The van der Waals surface area contributed by atoms with Gasteiger partial charge < -0.3 is 10.6 Å². The van der Waals surface area contributed by atoms with Gasteiger partial charge in [-0.2, -0.15) is 0 Å². The highest BCUT2D eigenvalue weighted by Gasteiger charge is 2.08. The first kappa shape index (κ1) is 16.3. The van der Waals surface area contributed by atoms with Crippen molar-refractivity contribution in [3.8, 4) is 0 Å². The monoisotopic (exact) mass is 336 g/mol. The molecule has 6 heteroatoms. The lowest BCUT2D eigenvalue weighted by atomic mass is 10.1. The molecule has 0 atom stereocenters. The van der Waals surface area contributed by atoms with Crippen molar-refractivity contribution in [2.45, 2.75) is 6.92 Å². The maximum atomic E-state index is 11.9. The van der Waals surface area contributed by atoms with Gasteiger partial charge in [0.25, 0.3) is 0 Å². The number of hydrogen-bond acceptors (Lipinski definition) is 3. The molecule has 2 aromatic carbocycles. The summed E-state index contributed by atoms with van der Waals surface area (Å²) in [7, 11) is 0. The fourth-order valence-electron chi connectivity index (χ4n) is 1.90. The standard InChI is InChI=1S/C16H14Cl2N2O2/c1-10(21)12-4-2-3-5-15(12)19-9-16(22)20-11-6-7-13(17)14(18)8-11/h2-8,19H,9H2,1H3,(H,20,22). The van der Waals surface area contributed by atoms with Crippen molar-refractivity contribution in [3.05, 3.63) is 58.1 Å². The lowest BCUT2D eigenvalue weighted by Crippen LogP contribution is -2.22. The Hall–Kier alpha value is -2.04. The molecule has 0 fully saturated rings. The molecule has 2 N–H and O–H groups in total. The Morgan fingerprint density at radius 2 is 1.77 bits per heavy atom. The van der Waals surface area contributed by atoms with Crippen LogP contribution in [0.15, 0.2) is 42.5 Å². The zero-order valence-electron chi connectivity index (χ0n) is 11.8. The predicted molar refractivity (Wildman–Crippen MR) is 90.0 cm³/mol. The molecule has 0 saturated carbocycles. The predicted octanol–water partition coefficient (Wildman–Crippen LogP) is 4.25. The van der Waals surface area contributed by atoms with Crippen LogP contribution in [0.4, 0.5) is 11.4 Å². The number of carbonyl (C=O) groups is 2. The number of halogens is 2. The van der Waals surface area contributed by atoms with Gasteiger partial charge in [0.15, 0.2) is 5.78 Å². The summed E-state index contributed by atoms with van der Waals surface area (Å²) in [5.41, 5.74) is 1.73. The highest BCUT2D eigenvalue weighted by molar-refractivity contribution is 6.42. The zero-order chi connectivity index (χ0) is 16.1. The lowest BCUT2D eigenvalue weighted by molar-refractivity contribution is -0.114. The van der Waals surface area contributed by atoms with Gasteiger partial charge in [0.2, 0.25) is 5.91 Å². The fourth-order valence-corrected chi connectivity index (χ4v) is 2.20. The van der Waals surface area contributed by atoms with Gasteiger partial charge in [-0.1, -0.05) is 35.3 Å². The van der Waals surface area contributed by atoms with E-state index in [1.807, 2.05) is 0 Å². The number of Topliss-reactive ketones (excluding diaryl/α,β-unsaturated/α-hetero) is 1. The van der Waals surface area contributed by atoms with Crippen molar-refractivity contribution in [3.63, 3.8) is 0 Å². The van der Waals surface area contributed by atoms with Gasteiger partial charge in [0.05, 0.1) is 16.6 Å². The van der Waals surface area contributed by atoms with Crippen molar-refractivity contribution < 1.29 is 9.59 Å². The summed E-state index contributed by atoms with van der Waals surface area (Å²) in [6.07, 6.45) is 0. The molecule has 22 heavy (non-hydrogen) atoms. The van der Waals surface area contributed by atoms with E-state index in [0.29, 0.717) is 27.0 Å². The van der Waals surface area contributed by atoms with Crippen molar-refractivity contribution in [2.24, 2.45) is 0 Å². The van der Waals surface area contributed by atoms with Crippen LogP contribution in [0.2, 0.25) is 10.0 Å². The number of ketones is 1. The molecule has 0 aliphatic heterocycles.